The number of carbonyl (C=O) groups is 1. The van der Waals surface area contributed by atoms with E-state index in [-0.39, 0.29) is 28.2 Å². The Balaban J connectivity index is 1.42. The van der Waals surface area contributed by atoms with Gasteiger partial charge in [0.05, 0.1) is 6.10 Å². The predicted octanol–water partition coefficient (Wildman–Crippen LogP) is 8.70. The normalized spacial score (nSPS) is 17.4. The zero-order valence-corrected chi connectivity index (χ0v) is 22.1. The van der Waals surface area contributed by atoms with Crippen LogP contribution in [0, 0.1) is 50.0 Å². The number of fused-ring (bicyclic) bond motifs is 1. The third-order valence-corrected chi connectivity index (χ3v) is 7.41. The smallest absolute Gasteiger partial charge is 0.349 e. The van der Waals surface area contributed by atoms with Gasteiger partial charge in [-0.2, -0.15) is 0 Å². The Morgan fingerprint density at radius 1 is 0.872 bits per heavy atom. The molecule has 202 valence electrons. The molecule has 3 nitrogen and oxygen atoms in total. The van der Waals surface area contributed by atoms with E-state index >= 15 is 8.78 Å². The lowest BCUT2D eigenvalue weighted by molar-refractivity contribution is -0.0124. The van der Waals surface area contributed by atoms with E-state index in [4.69, 9.17) is 9.47 Å². The molecule has 1 fully saturated rings. The van der Waals surface area contributed by atoms with Crippen molar-refractivity contribution in [2.45, 2.75) is 46.6 Å². The highest BCUT2D eigenvalue weighted by molar-refractivity contribution is 5.93. The number of hydrogen-bond acceptors (Lipinski definition) is 3. The van der Waals surface area contributed by atoms with Crippen LogP contribution in [-0.4, -0.2) is 12.6 Å². The molecule has 1 aliphatic heterocycles. The van der Waals surface area contributed by atoms with Gasteiger partial charge in [-0.05, 0) is 109 Å². The van der Waals surface area contributed by atoms with Crippen LogP contribution in [0.3, 0.4) is 0 Å². The lowest BCUT2D eigenvalue weighted by Crippen LogP contribution is -2.18. The number of halogens is 4. The van der Waals surface area contributed by atoms with Gasteiger partial charge in [-0.1, -0.05) is 19.1 Å². The fourth-order valence-electron chi connectivity index (χ4n) is 5.33. The molecular formula is C32H28F4O3. The Morgan fingerprint density at radius 3 is 2.15 bits per heavy atom. The van der Waals surface area contributed by atoms with Crippen LogP contribution in [0.1, 0.15) is 58.5 Å². The third-order valence-electron chi connectivity index (χ3n) is 7.41. The summed E-state index contributed by atoms with van der Waals surface area (Å²) in [5.74, 6) is -4.45. The van der Waals surface area contributed by atoms with Crippen molar-refractivity contribution < 1.29 is 31.8 Å². The van der Waals surface area contributed by atoms with Crippen LogP contribution in [0.5, 0.6) is 5.75 Å². The molecule has 1 saturated heterocycles. The average molecular weight is 537 g/mol. The number of carbonyl (C=O) groups excluding carboxylic acids is 1. The molecule has 0 bridgehead atoms. The van der Waals surface area contributed by atoms with Crippen molar-refractivity contribution in [1.82, 2.24) is 0 Å². The second kappa shape index (κ2) is 10.5. The molecule has 39 heavy (non-hydrogen) atoms. The van der Waals surface area contributed by atoms with Gasteiger partial charge in [0.15, 0.2) is 0 Å². The standard InChI is InChI=1S/C32H28F4O3/c1-16-5-8-28(38-15-16)21-9-17(2)29(18(3)10-21)22-13-26(34)30(27(35)14-22)32(37)39-23-6-7-24-20(11-23)12-25(33)19(4)31(24)36/h6-7,9-14,16,28H,5,8,15H2,1-4H3. The quantitative estimate of drug-likeness (QED) is 0.149. The summed E-state index contributed by atoms with van der Waals surface area (Å²) < 4.78 is 69.8. The third kappa shape index (κ3) is 5.15. The summed E-state index contributed by atoms with van der Waals surface area (Å²) in [6.45, 7) is 7.93. The summed E-state index contributed by atoms with van der Waals surface area (Å²) in [5, 5.41) is 0.288. The fourth-order valence-corrected chi connectivity index (χ4v) is 5.33. The number of benzene rings is 4. The van der Waals surface area contributed by atoms with Crippen molar-refractivity contribution >= 4 is 16.7 Å². The Morgan fingerprint density at radius 2 is 1.54 bits per heavy atom. The molecule has 2 atom stereocenters. The van der Waals surface area contributed by atoms with E-state index in [1.165, 1.54) is 25.1 Å². The maximum atomic E-state index is 15.2. The number of rotatable bonds is 4. The molecular weight excluding hydrogens is 508 g/mol. The highest BCUT2D eigenvalue weighted by Gasteiger charge is 2.25. The second-order valence-corrected chi connectivity index (χ2v) is 10.4. The van der Waals surface area contributed by atoms with E-state index in [0.717, 1.165) is 47.7 Å². The van der Waals surface area contributed by atoms with Crippen molar-refractivity contribution in [2.75, 3.05) is 6.61 Å². The molecule has 0 saturated carbocycles. The first kappa shape index (κ1) is 26.9. The van der Waals surface area contributed by atoms with Gasteiger partial charge in [-0.25, -0.2) is 22.4 Å². The average Bonchev–Trinajstić information content (AvgIpc) is 2.87. The minimum absolute atomic E-state index is 0.00890. The van der Waals surface area contributed by atoms with Crippen molar-refractivity contribution in [2.24, 2.45) is 5.92 Å². The molecule has 7 heteroatoms. The van der Waals surface area contributed by atoms with Crippen LogP contribution in [0.25, 0.3) is 21.9 Å². The van der Waals surface area contributed by atoms with Crippen LogP contribution in [0.2, 0.25) is 0 Å². The van der Waals surface area contributed by atoms with E-state index in [1.54, 1.807) is 0 Å². The Bertz CT molecular complexity index is 1560. The van der Waals surface area contributed by atoms with Crippen molar-refractivity contribution in [1.29, 1.82) is 0 Å². The van der Waals surface area contributed by atoms with Crippen LogP contribution in [-0.2, 0) is 4.74 Å². The predicted molar refractivity (Wildman–Crippen MR) is 142 cm³/mol. The number of ether oxygens (including phenoxy) is 2. The van der Waals surface area contributed by atoms with Crippen LogP contribution < -0.4 is 4.74 Å². The molecule has 4 aromatic carbocycles. The molecule has 1 aliphatic rings. The van der Waals surface area contributed by atoms with Gasteiger partial charge >= 0.3 is 5.97 Å². The molecule has 0 N–H and O–H groups in total. The highest BCUT2D eigenvalue weighted by Crippen LogP contribution is 2.36. The Labute approximate surface area is 224 Å². The van der Waals surface area contributed by atoms with Crippen LogP contribution in [0.4, 0.5) is 17.6 Å². The van der Waals surface area contributed by atoms with Crippen molar-refractivity contribution in [3.63, 3.8) is 0 Å². The summed E-state index contributed by atoms with van der Waals surface area (Å²) in [6, 6.07) is 11.1. The van der Waals surface area contributed by atoms with Gasteiger partial charge in [0.25, 0.3) is 0 Å². The van der Waals surface area contributed by atoms with Crippen molar-refractivity contribution in [3.8, 4) is 16.9 Å². The topological polar surface area (TPSA) is 35.5 Å². The molecule has 0 amide bonds. The van der Waals surface area contributed by atoms with E-state index in [9.17, 15) is 13.6 Å². The molecule has 5 rings (SSSR count). The molecule has 2 unspecified atom stereocenters. The van der Waals surface area contributed by atoms with E-state index in [2.05, 4.69) is 6.92 Å². The van der Waals surface area contributed by atoms with E-state index < -0.39 is 34.8 Å². The fraction of sp³-hybridized carbons (Fsp3) is 0.281. The molecule has 0 radical (unpaired) electrons. The lowest BCUT2D eigenvalue weighted by atomic mass is 9.89. The van der Waals surface area contributed by atoms with Crippen LogP contribution >= 0.6 is 0 Å². The van der Waals surface area contributed by atoms with Crippen molar-refractivity contribution in [3.05, 3.63) is 99.6 Å². The minimum Gasteiger partial charge on any atom is -0.423 e. The summed E-state index contributed by atoms with van der Waals surface area (Å²) in [7, 11) is 0. The highest BCUT2D eigenvalue weighted by atomic mass is 19.1. The second-order valence-electron chi connectivity index (χ2n) is 10.4. The minimum atomic E-state index is -1.25. The maximum Gasteiger partial charge on any atom is 0.349 e. The van der Waals surface area contributed by atoms with Gasteiger partial charge in [0.2, 0.25) is 0 Å². The molecule has 1 heterocycles. The van der Waals surface area contributed by atoms with E-state index in [0.29, 0.717) is 23.7 Å². The first-order valence-electron chi connectivity index (χ1n) is 12.9. The summed E-state index contributed by atoms with van der Waals surface area (Å²) >= 11 is 0. The summed E-state index contributed by atoms with van der Waals surface area (Å²) in [6.07, 6.45) is 1.98. The largest absolute Gasteiger partial charge is 0.423 e. The maximum absolute atomic E-state index is 15.2. The Hall–Kier alpha value is -3.71. The Kier molecular flexibility index (Phi) is 7.21. The molecule has 0 aliphatic carbocycles. The van der Waals surface area contributed by atoms with Gasteiger partial charge in [-0.3, -0.25) is 0 Å². The van der Waals surface area contributed by atoms with Gasteiger partial charge in [0, 0.05) is 17.6 Å². The first-order valence-corrected chi connectivity index (χ1v) is 12.9. The zero-order chi connectivity index (χ0) is 28.0. The van der Waals surface area contributed by atoms with Crippen LogP contribution in [0.15, 0.2) is 48.5 Å². The van der Waals surface area contributed by atoms with Gasteiger partial charge in [-0.15, -0.1) is 0 Å². The van der Waals surface area contributed by atoms with E-state index in [1.807, 2.05) is 26.0 Å². The van der Waals surface area contributed by atoms with Gasteiger partial charge < -0.3 is 9.47 Å². The number of aryl methyl sites for hydroxylation is 2. The zero-order valence-electron chi connectivity index (χ0n) is 22.1. The molecule has 0 spiro atoms. The number of hydrogen-bond donors (Lipinski definition) is 0. The monoisotopic (exact) mass is 536 g/mol. The number of esters is 1. The summed E-state index contributed by atoms with van der Waals surface area (Å²) in [5.41, 5.74) is 2.71. The summed E-state index contributed by atoms with van der Waals surface area (Å²) in [4.78, 5) is 12.7. The lowest BCUT2D eigenvalue weighted by Gasteiger charge is -2.28. The molecule has 4 aromatic rings. The van der Waals surface area contributed by atoms with Gasteiger partial charge in [0.1, 0.15) is 34.6 Å². The first-order chi connectivity index (χ1) is 18.5. The molecule has 0 aromatic heterocycles. The SMILES string of the molecule is Cc1cc(C2CCC(C)CO2)cc(C)c1-c1cc(F)c(C(=O)Oc2ccc3c(F)c(C)c(F)cc3c2)c(F)c1.